The number of carbonyl (C=O) groups excluding carboxylic acids is 1. The number of hydrogen-bond donors (Lipinski definition) is 0. The number of benzene rings is 3. The van der Waals surface area contributed by atoms with Gasteiger partial charge in [-0.25, -0.2) is 0 Å². The van der Waals surface area contributed by atoms with Crippen LogP contribution in [0.4, 0.5) is 0 Å². The van der Waals surface area contributed by atoms with Crippen LogP contribution in [0.5, 0.6) is 0 Å². The van der Waals surface area contributed by atoms with Crippen molar-refractivity contribution in [3.05, 3.63) is 108 Å². The van der Waals surface area contributed by atoms with Gasteiger partial charge >= 0.3 is 13.6 Å². The third kappa shape index (κ3) is 11.4. The lowest BCUT2D eigenvalue weighted by atomic mass is 9.96. The predicted octanol–water partition coefficient (Wildman–Crippen LogP) is 7.46. The molecule has 1 aliphatic rings. The molecular weight excluding hydrogens is 607 g/mol. The summed E-state index contributed by atoms with van der Waals surface area (Å²) < 4.78 is 57.4. The van der Waals surface area contributed by atoms with Gasteiger partial charge in [0.1, 0.15) is 18.3 Å². The molecule has 0 N–H and O–H groups in total. The highest BCUT2D eigenvalue weighted by Gasteiger charge is 2.50. The van der Waals surface area contributed by atoms with Crippen molar-refractivity contribution in [1.82, 2.24) is 0 Å². The molecule has 1 unspecified atom stereocenters. The van der Waals surface area contributed by atoms with Gasteiger partial charge in [0, 0.05) is 6.92 Å². The standard InChI is InChI=1S/C36H47O9P/c1-26(2)44-46(38,45-27(3)4)22-21-32-33(39-23-29-15-9-6-10-16-29)34(40-24-30-17-11-7-12-18-30)35(36(43-32)42-28(5)37)41-25-31-19-13-8-14-20-31/h6-20,26-27,32-36H,21-25H2,1-5H3/t32-,33-,34+,35+,36?/m1/s1. The highest BCUT2D eigenvalue weighted by molar-refractivity contribution is 7.53. The second-order valence-electron chi connectivity index (χ2n) is 11.9. The van der Waals surface area contributed by atoms with Gasteiger partial charge in [0.05, 0.1) is 44.3 Å². The van der Waals surface area contributed by atoms with Gasteiger partial charge in [0.25, 0.3) is 0 Å². The Labute approximate surface area is 273 Å². The molecule has 1 heterocycles. The smallest absolute Gasteiger partial charge is 0.331 e. The summed E-state index contributed by atoms with van der Waals surface area (Å²) in [4.78, 5) is 12.4. The van der Waals surface area contributed by atoms with E-state index in [1.807, 2.05) is 119 Å². The number of ether oxygens (including phenoxy) is 5. The molecule has 0 aliphatic carbocycles. The van der Waals surface area contributed by atoms with Crippen LogP contribution in [-0.2, 0) is 61.9 Å². The number of esters is 1. The number of carbonyl (C=O) groups is 1. The molecule has 250 valence electrons. The Morgan fingerprint density at radius 3 is 1.50 bits per heavy atom. The van der Waals surface area contributed by atoms with Gasteiger partial charge in [-0.2, -0.15) is 0 Å². The van der Waals surface area contributed by atoms with E-state index in [1.165, 1.54) is 6.92 Å². The summed E-state index contributed by atoms with van der Waals surface area (Å²) in [6.45, 7) is 9.35. The average molecular weight is 655 g/mol. The third-order valence-electron chi connectivity index (χ3n) is 7.16. The quantitative estimate of drug-likeness (QED) is 0.108. The molecule has 0 spiro atoms. The predicted molar refractivity (Wildman–Crippen MR) is 175 cm³/mol. The second-order valence-corrected chi connectivity index (χ2v) is 14.0. The van der Waals surface area contributed by atoms with E-state index in [2.05, 4.69) is 0 Å². The molecule has 4 rings (SSSR count). The molecule has 1 saturated heterocycles. The van der Waals surface area contributed by atoms with Crippen molar-refractivity contribution in [2.24, 2.45) is 0 Å². The van der Waals surface area contributed by atoms with Crippen LogP contribution in [0, 0.1) is 0 Å². The summed E-state index contributed by atoms with van der Waals surface area (Å²) in [6, 6.07) is 29.3. The summed E-state index contributed by atoms with van der Waals surface area (Å²) in [5.74, 6) is -0.528. The van der Waals surface area contributed by atoms with E-state index in [0.717, 1.165) is 16.7 Å². The minimum atomic E-state index is -3.52. The van der Waals surface area contributed by atoms with E-state index in [4.69, 9.17) is 32.7 Å². The Hall–Kier alpha value is -2.88. The molecule has 46 heavy (non-hydrogen) atoms. The van der Waals surface area contributed by atoms with Gasteiger partial charge in [-0.15, -0.1) is 0 Å². The maximum absolute atomic E-state index is 13.9. The van der Waals surface area contributed by atoms with Gasteiger partial charge in [-0.1, -0.05) is 91.0 Å². The molecule has 0 bridgehead atoms. The lowest BCUT2D eigenvalue weighted by molar-refractivity contribution is -0.314. The average Bonchev–Trinajstić information content (AvgIpc) is 3.02. The lowest BCUT2D eigenvalue weighted by Gasteiger charge is -2.45. The van der Waals surface area contributed by atoms with Crippen LogP contribution in [0.15, 0.2) is 91.0 Å². The largest absolute Gasteiger partial charge is 0.433 e. The van der Waals surface area contributed by atoms with Crippen LogP contribution in [-0.4, -0.2) is 55.0 Å². The van der Waals surface area contributed by atoms with Crippen molar-refractivity contribution >= 4 is 13.6 Å². The van der Waals surface area contributed by atoms with Crippen molar-refractivity contribution in [3.8, 4) is 0 Å². The minimum absolute atomic E-state index is 0.0625. The Bertz CT molecular complexity index is 1340. The van der Waals surface area contributed by atoms with E-state index >= 15 is 0 Å². The van der Waals surface area contributed by atoms with Gasteiger partial charge in [-0.05, 0) is 50.8 Å². The van der Waals surface area contributed by atoms with Gasteiger partial charge in [0.15, 0.2) is 0 Å². The Morgan fingerprint density at radius 2 is 1.09 bits per heavy atom. The van der Waals surface area contributed by atoms with E-state index in [0.29, 0.717) is 0 Å². The molecule has 1 aliphatic heterocycles. The summed E-state index contributed by atoms with van der Waals surface area (Å²) in [6.07, 6.45) is -4.41. The van der Waals surface area contributed by atoms with Crippen molar-refractivity contribution in [2.45, 2.75) is 104 Å². The van der Waals surface area contributed by atoms with Crippen molar-refractivity contribution in [3.63, 3.8) is 0 Å². The first kappa shape index (κ1) is 36.0. The Balaban J connectivity index is 1.68. The van der Waals surface area contributed by atoms with Gasteiger partial charge in [0.2, 0.25) is 6.29 Å². The van der Waals surface area contributed by atoms with Crippen molar-refractivity contribution in [2.75, 3.05) is 6.16 Å². The van der Waals surface area contributed by atoms with Crippen molar-refractivity contribution in [1.29, 1.82) is 0 Å². The molecule has 1 fully saturated rings. The molecule has 9 nitrogen and oxygen atoms in total. The van der Waals surface area contributed by atoms with Crippen LogP contribution in [0.2, 0.25) is 0 Å². The summed E-state index contributed by atoms with van der Waals surface area (Å²) in [5, 5.41) is 0. The molecule has 0 radical (unpaired) electrons. The fourth-order valence-electron chi connectivity index (χ4n) is 5.29. The Kier molecular flexibility index (Phi) is 14.0. The highest BCUT2D eigenvalue weighted by Crippen LogP contribution is 2.52. The second kappa shape index (κ2) is 17.9. The number of hydrogen-bond acceptors (Lipinski definition) is 9. The molecule has 0 aromatic heterocycles. The van der Waals surface area contributed by atoms with E-state index in [1.54, 1.807) is 0 Å². The maximum atomic E-state index is 13.9. The molecule has 0 saturated carbocycles. The molecule has 3 aromatic carbocycles. The molecule has 5 atom stereocenters. The van der Waals surface area contributed by atoms with Crippen LogP contribution in [0.25, 0.3) is 0 Å². The normalized spacial score (nSPS) is 21.8. The van der Waals surface area contributed by atoms with Crippen molar-refractivity contribution < 1.29 is 42.1 Å². The monoisotopic (exact) mass is 654 g/mol. The van der Waals surface area contributed by atoms with Crippen LogP contribution in [0.1, 0.15) is 57.7 Å². The fraction of sp³-hybridized carbons (Fsp3) is 0.472. The van der Waals surface area contributed by atoms with E-state index in [-0.39, 0.29) is 44.6 Å². The van der Waals surface area contributed by atoms with Crippen LogP contribution in [0.3, 0.4) is 0 Å². The Morgan fingerprint density at radius 1 is 0.674 bits per heavy atom. The summed E-state index contributed by atoms with van der Waals surface area (Å²) >= 11 is 0. The van der Waals surface area contributed by atoms with E-state index < -0.39 is 44.3 Å². The van der Waals surface area contributed by atoms with Gasteiger partial charge < -0.3 is 32.7 Å². The lowest BCUT2D eigenvalue weighted by Crippen LogP contribution is -2.61. The number of rotatable bonds is 17. The fourth-order valence-corrected chi connectivity index (χ4v) is 7.41. The summed E-state index contributed by atoms with van der Waals surface area (Å²) in [5.41, 5.74) is 2.86. The zero-order valence-corrected chi connectivity index (χ0v) is 28.3. The zero-order chi connectivity index (χ0) is 32.9. The summed E-state index contributed by atoms with van der Waals surface area (Å²) in [7, 11) is -3.52. The topological polar surface area (TPSA) is 98.8 Å². The SMILES string of the molecule is CC(=O)OC1O[C@H](CCP(=O)(OC(C)C)OC(C)C)[C@@H](OCc2ccccc2)[C@H](OCc2ccccc2)[C@@H]1OCc1ccccc1. The molecule has 0 amide bonds. The molecular formula is C36H47O9P. The van der Waals surface area contributed by atoms with Crippen LogP contribution < -0.4 is 0 Å². The first-order valence-electron chi connectivity index (χ1n) is 15.9. The zero-order valence-electron chi connectivity index (χ0n) is 27.4. The first-order chi connectivity index (χ1) is 22.1. The highest BCUT2D eigenvalue weighted by atomic mass is 31.2. The van der Waals surface area contributed by atoms with Gasteiger partial charge in [-0.3, -0.25) is 9.36 Å². The third-order valence-corrected chi connectivity index (χ3v) is 9.45. The molecule has 10 heteroatoms. The maximum Gasteiger partial charge on any atom is 0.331 e. The first-order valence-corrected chi connectivity index (χ1v) is 17.6. The minimum Gasteiger partial charge on any atom is -0.433 e. The van der Waals surface area contributed by atoms with E-state index in [9.17, 15) is 9.36 Å². The van der Waals surface area contributed by atoms with Crippen LogP contribution >= 0.6 is 7.60 Å². The molecule has 3 aromatic rings.